The van der Waals surface area contributed by atoms with Crippen molar-refractivity contribution in [3.05, 3.63) is 12.2 Å². The van der Waals surface area contributed by atoms with Crippen molar-refractivity contribution in [3.8, 4) is 0 Å². The fraction of sp³-hybridized carbons (Fsp3) is 0.760. The highest BCUT2D eigenvalue weighted by Crippen LogP contribution is 2.46. The standard InChI is InChI=1S/C25H39N3O7/c1-5-34-22(32)25-14-16(25)11-9-7-6-8-10-12-18(26-23(33)35-24(2,3)4)21(31)28-15-17(29)13-19(28)20(30)27-25/h9,11,16-19,29H,5-8,10,12-15H2,1-4H3,(H,26,33)(H,27,30)/t16-,17+,18+,19?,25-/m1/s1. The minimum absolute atomic E-state index is 0.0286. The number of carbonyl (C=O) groups is 4. The molecule has 3 amide bonds. The minimum Gasteiger partial charge on any atom is -0.464 e. The second kappa shape index (κ2) is 11.0. The van der Waals surface area contributed by atoms with Crippen molar-refractivity contribution in [2.45, 2.75) is 102 Å². The van der Waals surface area contributed by atoms with Gasteiger partial charge in [-0.05, 0) is 53.4 Å². The van der Waals surface area contributed by atoms with Crippen molar-refractivity contribution in [2.24, 2.45) is 5.92 Å². The van der Waals surface area contributed by atoms with Gasteiger partial charge in [-0.25, -0.2) is 9.59 Å². The topological polar surface area (TPSA) is 134 Å². The Morgan fingerprint density at radius 2 is 2.00 bits per heavy atom. The Kier molecular flexibility index (Phi) is 8.46. The van der Waals surface area contributed by atoms with Gasteiger partial charge in [0.2, 0.25) is 11.8 Å². The maximum Gasteiger partial charge on any atom is 0.408 e. The maximum atomic E-state index is 13.5. The molecule has 0 radical (unpaired) electrons. The Labute approximate surface area is 206 Å². The maximum absolute atomic E-state index is 13.5. The molecule has 10 nitrogen and oxygen atoms in total. The molecule has 1 aliphatic carbocycles. The van der Waals surface area contributed by atoms with Gasteiger partial charge in [0.1, 0.15) is 23.2 Å². The summed E-state index contributed by atoms with van der Waals surface area (Å²) < 4.78 is 10.6. The molecule has 35 heavy (non-hydrogen) atoms. The molecule has 196 valence electrons. The lowest BCUT2D eigenvalue weighted by molar-refractivity contribution is -0.150. The van der Waals surface area contributed by atoms with Gasteiger partial charge in [-0.3, -0.25) is 9.59 Å². The number of hydrogen-bond acceptors (Lipinski definition) is 7. The number of fused-ring (bicyclic) bond motifs is 2. The van der Waals surface area contributed by atoms with Crippen molar-refractivity contribution >= 4 is 23.9 Å². The van der Waals surface area contributed by atoms with Crippen LogP contribution in [0.1, 0.15) is 72.6 Å². The summed E-state index contributed by atoms with van der Waals surface area (Å²) in [4.78, 5) is 53.4. The molecule has 1 saturated heterocycles. The average molecular weight is 494 g/mol. The van der Waals surface area contributed by atoms with E-state index < -0.39 is 53.2 Å². The molecular formula is C25H39N3O7. The molecule has 10 heteroatoms. The predicted molar refractivity (Wildman–Crippen MR) is 127 cm³/mol. The van der Waals surface area contributed by atoms with E-state index in [1.54, 1.807) is 27.7 Å². The smallest absolute Gasteiger partial charge is 0.408 e. The third-order valence-electron chi connectivity index (χ3n) is 6.59. The minimum atomic E-state index is -1.15. The highest BCUT2D eigenvalue weighted by atomic mass is 16.6. The fourth-order valence-electron chi connectivity index (χ4n) is 4.77. The molecule has 2 aliphatic heterocycles. The van der Waals surface area contributed by atoms with Gasteiger partial charge in [0.15, 0.2) is 0 Å². The number of ether oxygens (including phenoxy) is 2. The van der Waals surface area contributed by atoms with E-state index in [9.17, 15) is 24.3 Å². The van der Waals surface area contributed by atoms with Crippen molar-refractivity contribution in [3.63, 3.8) is 0 Å². The molecule has 2 heterocycles. The summed E-state index contributed by atoms with van der Waals surface area (Å²) in [5.41, 5.74) is -1.88. The van der Waals surface area contributed by atoms with Gasteiger partial charge in [-0.2, -0.15) is 0 Å². The summed E-state index contributed by atoms with van der Waals surface area (Å²) in [6, 6.07) is -1.85. The first-order valence-corrected chi connectivity index (χ1v) is 12.6. The summed E-state index contributed by atoms with van der Waals surface area (Å²) >= 11 is 0. The molecular weight excluding hydrogens is 454 g/mol. The molecule has 0 aromatic heterocycles. The van der Waals surface area contributed by atoms with Gasteiger partial charge in [0.05, 0.1) is 12.7 Å². The number of allylic oxidation sites excluding steroid dienone is 1. The van der Waals surface area contributed by atoms with E-state index in [-0.39, 0.29) is 25.5 Å². The van der Waals surface area contributed by atoms with Gasteiger partial charge < -0.3 is 30.1 Å². The highest BCUT2D eigenvalue weighted by Gasteiger charge is 2.62. The van der Waals surface area contributed by atoms with Gasteiger partial charge in [-0.1, -0.05) is 25.0 Å². The number of hydrogen-bond donors (Lipinski definition) is 3. The molecule has 0 spiro atoms. The Morgan fingerprint density at radius 3 is 2.69 bits per heavy atom. The van der Waals surface area contributed by atoms with Crippen LogP contribution in [0.25, 0.3) is 0 Å². The number of nitrogens with zero attached hydrogens (tertiary/aromatic N) is 1. The summed E-state index contributed by atoms with van der Waals surface area (Å²) in [5, 5.41) is 15.8. The van der Waals surface area contributed by atoms with Crippen LogP contribution in [0.15, 0.2) is 12.2 Å². The molecule has 1 unspecified atom stereocenters. The first kappa shape index (κ1) is 27.0. The lowest BCUT2D eigenvalue weighted by Gasteiger charge is -2.30. The van der Waals surface area contributed by atoms with Gasteiger partial charge >= 0.3 is 12.1 Å². The zero-order valence-corrected chi connectivity index (χ0v) is 21.2. The summed E-state index contributed by atoms with van der Waals surface area (Å²) in [7, 11) is 0. The third kappa shape index (κ3) is 6.74. The molecule has 3 N–H and O–H groups in total. The Hall–Kier alpha value is -2.62. The number of aliphatic hydroxyl groups excluding tert-OH is 1. The zero-order valence-electron chi connectivity index (χ0n) is 21.2. The van der Waals surface area contributed by atoms with E-state index in [1.807, 2.05) is 12.2 Å². The van der Waals surface area contributed by atoms with Crippen LogP contribution in [0.3, 0.4) is 0 Å². The number of esters is 1. The number of rotatable bonds is 3. The average Bonchev–Trinajstić information content (AvgIpc) is 3.30. The molecule has 3 rings (SSSR count). The van der Waals surface area contributed by atoms with E-state index in [4.69, 9.17) is 9.47 Å². The monoisotopic (exact) mass is 493 g/mol. The second-order valence-corrected chi connectivity index (χ2v) is 10.7. The normalized spacial score (nSPS) is 31.9. The van der Waals surface area contributed by atoms with Crippen molar-refractivity contribution < 1.29 is 33.8 Å². The number of carbonyl (C=O) groups excluding carboxylic acids is 4. The van der Waals surface area contributed by atoms with E-state index in [1.165, 1.54) is 4.90 Å². The molecule has 3 aliphatic rings. The first-order chi connectivity index (χ1) is 16.5. The predicted octanol–water partition coefficient (Wildman–Crippen LogP) is 1.80. The second-order valence-electron chi connectivity index (χ2n) is 10.7. The number of alkyl carbamates (subject to hydrolysis) is 1. The molecule has 2 fully saturated rings. The van der Waals surface area contributed by atoms with Crippen LogP contribution in [0.5, 0.6) is 0 Å². The van der Waals surface area contributed by atoms with Gasteiger partial charge in [0, 0.05) is 18.9 Å². The lowest BCUT2D eigenvalue weighted by Crippen LogP contribution is -2.56. The number of nitrogens with one attached hydrogen (secondary N) is 2. The lowest BCUT2D eigenvalue weighted by atomic mass is 10.0. The van der Waals surface area contributed by atoms with Crippen LogP contribution in [-0.2, 0) is 23.9 Å². The third-order valence-corrected chi connectivity index (χ3v) is 6.59. The fourth-order valence-corrected chi connectivity index (χ4v) is 4.77. The van der Waals surface area contributed by atoms with E-state index in [2.05, 4.69) is 10.6 Å². The van der Waals surface area contributed by atoms with Crippen LogP contribution in [0, 0.1) is 5.92 Å². The number of amides is 3. The van der Waals surface area contributed by atoms with Crippen LogP contribution in [-0.4, -0.2) is 76.4 Å². The van der Waals surface area contributed by atoms with E-state index in [0.29, 0.717) is 19.3 Å². The molecule has 0 bridgehead atoms. The van der Waals surface area contributed by atoms with Crippen molar-refractivity contribution in [1.82, 2.24) is 15.5 Å². The molecule has 0 aromatic carbocycles. The Balaban J connectivity index is 1.84. The number of aliphatic hydroxyl groups is 1. The zero-order chi connectivity index (χ0) is 25.8. The van der Waals surface area contributed by atoms with Crippen LogP contribution in [0.2, 0.25) is 0 Å². The van der Waals surface area contributed by atoms with Gasteiger partial charge in [-0.15, -0.1) is 0 Å². The summed E-state index contributed by atoms with van der Waals surface area (Å²) in [5.74, 6) is -1.62. The SMILES string of the molecule is CCOC(=O)[C@@]12C[C@H]1C=CCCCCC[C@H](NC(=O)OC(C)(C)C)C(=O)N1C[C@@H](O)CC1C(=O)N2. The van der Waals surface area contributed by atoms with Crippen LogP contribution >= 0.6 is 0 Å². The molecule has 1 saturated carbocycles. The van der Waals surface area contributed by atoms with Crippen LogP contribution < -0.4 is 10.6 Å². The Bertz CT molecular complexity index is 852. The first-order valence-electron chi connectivity index (χ1n) is 12.6. The van der Waals surface area contributed by atoms with Crippen molar-refractivity contribution in [1.29, 1.82) is 0 Å². The largest absolute Gasteiger partial charge is 0.464 e. The molecule has 5 atom stereocenters. The van der Waals surface area contributed by atoms with E-state index >= 15 is 0 Å². The molecule has 0 aromatic rings. The van der Waals surface area contributed by atoms with Crippen molar-refractivity contribution in [2.75, 3.05) is 13.2 Å². The van der Waals surface area contributed by atoms with Crippen LogP contribution in [0.4, 0.5) is 4.79 Å². The Morgan fingerprint density at radius 1 is 1.26 bits per heavy atom. The highest BCUT2D eigenvalue weighted by molar-refractivity contribution is 5.96. The van der Waals surface area contributed by atoms with E-state index in [0.717, 1.165) is 19.3 Å². The summed E-state index contributed by atoms with van der Waals surface area (Å²) in [6.45, 7) is 7.08. The quantitative estimate of drug-likeness (QED) is 0.403. The van der Waals surface area contributed by atoms with Gasteiger partial charge in [0.25, 0.3) is 0 Å². The summed E-state index contributed by atoms with van der Waals surface area (Å²) in [6.07, 6.45) is 6.49.